The van der Waals surface area contributed by atoms with Crippen LogP contribution in [0.15, 0.2) is 36.6 Å². The summed E-state index contributed by atoms with van der Waals surface area (Å²) in [7, 11) is 0. The number of aliphatic hydroxyl groups excluding tert-OH is 1. The van der Waals surface area contributed by atoms with E-state index in [1.807, 2.05) is 0 Å². The second kappa shape index (κ2) is 7.56. The maximum atomic E-state index is 8.84. The standard InChI is InChI=1S/C18H25N3O/c22-13-12-19-11-10-15-6-5-9-18-17(15)14-20-21(18)16-7-3-1-2-4-8-16/h1-3,7-8,14-15,19,22H,4-6,9-13H2. The van der Waals surface area contributed by atoms with Gasteiger partial charge in [0.1, 0.15) is 0 Å². The fourth-order valence-electron chi connectivity index (χ4n) is 3.38. The lowest BCUT2D eigenvalue weighted by atomic mass is 9.85. The van der Waals surface area contributed by atoms with Crippen LogP contribution < -0.4 is 5.32 Å². The Kier molecular flexibility index (Phi) is 5.24. The monoisotopic (exact) mass is 299 g/mol. The summed E-state index contributed by atoms with van der Waals surface area (Å²) in [6.07, 6.45) is 18.5. The van der Waals surface area contributed by atoms with Crippen LogP contribution in [0.1, 0.15) is 42.9 Å². The van der Waals surface area contributed by atoms with Crippen molar-refractivity contribution in [3.63, 3.8) is 0 Å². The average molecular weight is 299 g/mol. The molecule has 1 atom stereocenters. The zero-order valence-corrected chi connectivity index (χ0v) is 13.0. The first-order valence-corrected chi connectivity index (χ1v) is 8.32. The minimum atomic E-state index is 0.211. The molecule has 0 fully saturated rings. The molecular formula is C18H25N3O. The maximum absolute atomic E-state index is 8.84. The summed E-state index contributed by atoms with van der Waals surface area (Å²) in [6, 6.07) is 0. The van der Waals surface area contributed by atoms with Crippen molar-refractivity contribution in [2.24, 2.45) is 0 Å². The molecule has 22 heavy (non-hydrogen) atoms. The minimum Gasteiger partial charge on any atom is -0.395 e. The summed E-state index contributed by atoms with van der Waals surface area (Å²) >= 11 is 0. The second-order valence-corrected chi connectivity index (χ2v) is 5.96. The average Bonchev–Trinajstić information content (AvgIpc) is 2.79. The number of nitrogens with zero attached hydrogens (tertiary/aromatic N) is 2. The van der Waals surface area contributed by atoms with E-state index in [0.29, 0.717) is 12.5 Å². The molecule has 3 rings (SSSR count). The van der Waals surface area contributed by atoms with Gasteiger partial charge >= 0.3 is 0 Å². The van der Waals surface area contributed by atoms with Crippen molar-refractivity contribution in [3.8, 4) is 0 Å². The summed E-state index contributed by atoms with van der Waals surface area (Å²) in [5, 5.41) is 16.8. The third-order valence-corrected chi connectivity index (χ3v) is 4.49. The number of aromatic nitrogens is 2. The molecule has 0 amide bonds. The van der Waals surface area contributed by atoms with Gasteiger partial charge in [0.25, 0.3) is 0 Å². The molecule has 0 aromatic carbocycles. The Bertz CT molecular complexity index is 583. The van der Waals surface area contributed by atoms with Crippen molar-refractivity contribution in [1.29, 1.82) is 0 Å². The molecule has 1 heterocycles. The Labute approximate surface area is 132 Å². The van der Waals surface area contributed by atoms with Crippen LogP contribution in [0, 0.1) is 0 Å². The largest absolute Gasteiger partial charge is 0.395 e. The number of hydrogen-bond donors (Lipinski definition) is 2. The number of rotatable bonds is 6. The van der Waals surface area contributed by atoms with Crippen molar-refractivity contribution < 1.29 is 5.11 Å². The molecule has 0 aliphatic heterocycles. The molecule has 0 saturated carbocycles. The molecule has 0 bridgehead atoms. The highest BCUT2D eigenvalue weighted by Crippen LogP contribution is 2.34. The quantitative estimate of drug-likeness (QED) is 0.794. The predicted molar refractivity (Wildman–Crippen MR) is 89.6 cm³/mol. The van der Waals surface area contributed by atoms with Gasteiger partial charge in [-0.3, -0.25) is 0 Å². The lowest BCUT2D eigenvalue weighted by Gasteiger charge is -2.23. The first-order valence-electron chi connectivity index (χ1n) is 8.32. The summed E-state index contributed by atoms with van der Waals surface area (Å²) in [6.45, 7) is 1.86. The number of aliphatic hydroxyl groups is 1. The summed E-state index contributed by atoms with van der Waals surface area (Å²) in [5.41, 5.74) is 3.99. The van der Waals surface area contributed by atoms with Gasteiger partial charge in [0.2, 0.25) is 0 Å². The van der Waals surface area contributed by atoms with Crippen LogP contribution in [0.25, 0.3) is 5.70 Å². The number of nitrogens with one attached hydrogen (secondary N) is 1. The maximum Gasteiger partial charge on any atom is 0.0612 e. The van der Waals surface area contributed by atoms with Crippen LogP contribution in [0.4, 0.5) is 0 Å². The van der Waals surface area contributed by atoms with Gasteiger partial charge in [0.15, 0.2) is 0 Å². The first kappa shape index (κ1) is 15.3. The zero-order chi connectivity index (χ0) is 15.2. The normalized spacial score (nSPS) is 20.6. The van der Waals surface area contributed by atoms with Gasteiger partial charge in [-0.15, -0.1) is 0 Å². The highest BCUT2D eigenvalue weighted by atomic mass is 16.3. The molecular weight excluding hydrogens is 274 g/mol. The molecule has 2 N–H and O–H groups in total. The highest BCUT2D eigenvalue weighted by Gasteiger charge is 2.24. The Hall–Kier alpha value is -1.65. The molecule has 0 spiro atoms. The van der Waals surface area contributed by atoms with Gasteiger partial charge in [0, 0.05) is 12.2 Å². The Morgan fingerprint density at radius 2 is 2.27 bits per heavy atom. The van der Waals surface area contributed by atoms with Crippen LogP contribution >= 0.6 is 0 Å². The van der Waals surface area contributed by atoms with Gasteiger partial charge < -0.3 is 10.4 Å². The summed E-state index contributed by atoms with van der Waals surface area (Å²) in [5.74, 6) is 0.595. The molecule has 2 aliphatic rings. The fraction of sp³-hybridized carbons (Fsp3) is 0.500. The SMILES string of the molecule is OCCNCCC1CCCc2c1cnn2C1=CCC=CC=C1. The Balaban J connectivity index is 1.74. The third kappa shape index (κ3) is 3.39. The Morgan fingerprint density at radius 1 is 1.32 bits per heavy atom. The zero-order valence-electron chi connectivity index (χ0n) is 13.0. The van der Waals surface area contributed by atoms with Crippen molar-refractivity contribution in [2.45, 2.75) is 38.0 Å². The molecule has 2 aliphatic carbocycles. The van der Waals surface area contributed by atoms with Crippen LogP contribution in [0.2, 0.25) is 0 Å². The lowest BCUT2D eigenvalue weighted by molar-refractivity contribution is 0.291. The van der Waals surface area contributed by atoms with Gasteiger partial charge in [-0.1, -0.05) is 24.3 Å². The molecule has 4 nitrogen and oxygen atoms in total. The number of hydrogen-bond acceptors (Lipinski definition) is 3. The van der Waals surface area contributed by atoms with Crippen molar-refractivity contribution in [3.05, 3.63) is 47.8 Å². The predicted octanol–water partition coefficient (Wildman–Crippen LogP) is 2.63. The van der Waals surface area contributed by atoms with E-state index < -0.39 is 0 Å². The molecule has 118 valence electrons. The van der Waals surface area contributed by atoms with Crippen LogP contribution in [0.3, 0.4) is 0 Å². The van der Waals surface area contributed by atoms with Crippen molar-refractivity contribution >= 4 is 5.70 Å². The Morgan fingerprint density at radius 3 is 3.18 bits per heavy atom. The van der Waals surface area contributed by atoms with Crippen molar-refractivity contribution in [2.75, 3.05) is 19.7 Å². The number of allylic oxidation sites excluding steroid dienone is 6. The van der Waals surface area contributed by atoms with E-state index in [1.54, 1.807) is 0 Å². The number of fused-ring (bicyclic) bond motifs is 1. The van der Waals surface area contributed by atoms with Gasteiger partial charge in [0.05, 0.1) is 18.5 Å². The molecule has 1 aromatic rings. The smallest absolute Gasteiger partial charge is 0.0612 e. The van der Waals surface area contributed by atoms with Crippen LogP contribution in [-0.4, -0.2) is 34.6 Å². The lowest BCUT2D eigenvalue weighted by Crippen LogP contribution is -2.22. The first-order chi connectivity index (χ1) is 10.9. The van der Waals surface area contributed by atoms with E-state index in [4.69, 9.17) is 5.11 Å². The van der Waals surface area contributed by atoms with Crippen LogP contribution in [-0.2, 0) is 6.42 Å². The summed E-state index contributed by atoms with van der Waals surface area (Å²) < 4.78 is 2.13. The van der Waals surface area contributed by atoms with E-state index in [9.17, 15) is 0 Å². The molecule has 4 heteroatoms. The molecule has 0 radical (unpaired) electrons. The topological polar surface area (TPSA) is 50.1 Å². The van der Waals surface area contributed by atoms with E-state index >= 15 is 0 Å². The van der Waals surface area contributed by atoms with E-state index in [-0.39, 0.29) is 6.61 Å². The fourth-order valence-corrected chi connectivity index (χ4v) is 3.38. The van der Waals surface area contributed by atoms with E-state index in [0.717, 1.165) is 25.8 Å². The molecule has 1 unspecified atom stereocenters. The highest BCUT2D eigenvalue weighted by molar-refractivity contribution is 5.59. The summed E-state index contributed by atoms with van der Waals surface area (Å²) in [4.78, 5) is 0. The minimum absolute atomic E-state index is 0.211. The van der Waals surface area contributed by atoms with Crippen LogP contribution in [0.5, 0.6) is 0 Å². The van der Waals surface area contributed by atoms with E-state index in [1.165, 1.54) is 29.8 Å². The van der Waals surface area contributed by atoms with Crippen molar-refractivity contribution in [1.82, 2.24) is 15.1 Å². The second-order valence-electron chi connectivity index (χ2n) is 5.96. The molecule has 0 saturated heterocycles. The van der Waals surface area contributed by atoms with E-state index in [2.05, 4.69) is 51.7 Å². The van der Waals surface area contributed by atoms with Gasteiger partial charge in [-0.05, 0) is 56.2 Å². The molecule has 1 aromatic heterocycles. The third-order valence-electron chi connectivity index (χ3n) is 4.49. The van der Waals surface area contributed by atoms with Gasteiger partial charge in [-0.2, -0.15) is 5.10 Å². The van der Waals surface area contributed by atoms with Gasteiger partial charge in [-0.25, -0.2) is 4.68 Å².